The van der Waals surface area contributed by atoms with Gasteiger partial charge in [0.2, 0.25) is 10.0 Å². The van der Waals surface area contributed by atoms with Gasteiger partial charge in [0.25, 0.3) is 0 Å². The zero-order chi connectivity index (χ0) is 11.8. The molecule has 0 aromatic heterocycles. The molecule has 2 aliphatic rings. The van der Waals surface area contributed by atoms with Crippen LogP contribution in [0.1, 0.15) is 19.8 Å². The average molecular weight is 248 g/mol. The molecular formula is C10H20N2O3S. The second kappa shape index (κ2) is 4.60. The fraction of sp³-hybridized carbons (Fsp3) is 1.00. The number of ether oxygens (including phenoxy) is 1. The molecule has 0 aromatic rings. The van der Waals surface area contributed by atoms with Gasteiger partial charge in [-0.1, -0.05) is 6.92 Å². The van der Waals surface area contributed by atoms with Gasteiger partial charge < -0.3 is 10.5 Å². The van der Waals surface area contributed by atoms with E-state index in [1.165, 1.54) is 4.31 Å². The van der Waals surface area contributed by atoms with Crippen LogP contribution in [-0.2, 0) is 14.8 Å². The minimum absolute atomic E-state index is 0.0285. The third kappa shape index (κ3) is 2.56. The van der Waals surface area contributed by atoms with Crippen molar-refractivity contribution >= 4 is 10.0 Å². The fourth-order valence-corrected chi connectivity index (χ4v) is 4.09. The van der Waals surface area contributed by atoms with Crippen LogP contribution in [0.2, 0.25) is 0 Å². The summed E-state index contributed by atoms with van der Waals surface area (Å²) in [6, 6.07) is -0.0285. The molecule has 0 aromatic carbocycles. The lowest BCUT2D eigenvalue weighted by atomic mass is 10.1. The number of sulfonamides is 1. The Hall–Kier alpha value is -0.170. The van der Waals surface area contributed by atoms with Crippen LogP contribution in [0.4, 0.5) is 0 Å². The molecule has 2 fully saturated rings. The van der Waals surface area contributed by atoms with E-state index in [0.717, 1.165) is 12.8 Å². The Balaban J connectivity index is 1.96. The molecule has 0 radical (unpaired) electrons. The molecule has 0 bridgehead atoms. The van der Waals surface area contributed by atoms with Gasteiger partial charge in [0, 0.05) is 25.7 Å². The third-order valence-electron chi connectivity index (χ3n) is 3.45. The van der Waals surface area contributed by atoms with E-state index in [9.17, 15) is 8.42 Å². The molecular weight excluding hydrogens is 228 g/mol. The topological polar surface area (TPSA) is 72.6 Å². The summed E-state index contributed by atoms with van der Waals surface area (Å²) in [5.74, 6) is 0.367. The van der Waals surface area contributed by atoms with E-state index >= 15 is 0 Å². The van der Waals surface area contributed by atoms with Crippen LogP contribution in [0.25, 0.3) is 0 Å². The van der Waals surface area contributed by atoms with Crippen molar-refractivity contribution in [1.82, 2.24) is 4.31 Å². The molecule has 2 aliphatic heterocycles. The van der Waals surface area contributed by atoms with Crippen LogP contribution in [0.15, 0.2) is 0 Å². The summed E-state index contributed by atoms with van der Waals surface area (Å²) in [5.41, 5.74) is 5.84. The van der Waals surface area contributed by atoms with E-state index in [4.69, 9.17) is 10.5 Å². The summed E-state index contributed by atoms with van der Waals surface area (Å²) in [6.45, 7) is 3.69. The SMILES string of the molecule is CC1CN(S(=O)(=O)CC2CCCO2)CC1N. The number of hydrogen-bond donors (Lipinski definition) is 1. The van der Waals surface area contributed by atoms with E-state index in [2.05, 4.69) is 0 Å². The van der Waals surface area contributed by atoms with Crippen molar-refractivity contribution in [1.29, 1.82) is 0 Å². The van der Waals surface area contributed by atoms with E-state index in [-0.39, 0.29) is 23.8 Å². The minimum Gasteiger partial charge on any atom is -0.377 e. The predicted octanol–water partition coefficient (Wildman–Crippen LogP) is -0.226. The van der Waals surface area contributed by atoms with Crippen LogP contribution in [0.3, 0.4) is 0 Å². The number of nitrogens with two attached hydrogens (primary N) is 1. The molecule has 0 saturated carbocycles. The first kappa shape index (κ1) is 12.3. The van der Waals surface area contributed by atoms with Gasteiger partial charge in [-0.15, -0.1) is 0 Å². The Morgan fingerprint density at radius 2 is 2.19 bits per heavy atom. The molecule has 0 amide bonds. The largest absolute Gasteiger partial charge is 0.377 e. The van der Waals surface area contributed by atoms with Crippen molar-refractivity contribution in [2.45, 2.75) is 31.9 Å². The number of rotatable bonds is 3. The molecule has 0 spiro atoms. The highest BCUT2D eigenvalue weighted by molar-refractivity contribution is 7.89. The monoisotopic (exact) mass is 248 g/mol. The average Bonchev–Trinajstić information content (AvgIpc) is 2.78. The Morgan fingerprint density at radius 1 is 1.44 bits per heavy atom. The van der Waals surface area contributed by atoms with Crippen molar-refractivity contribution in [2.75, 3.05) is 25.4 Å². The molecule has 16 heavy (non-hydrogen) atoms. The maximum atomic E-state index is 12.1. The highest BCUT2D eigenvalue weighted by atomic mass is 32.2. The van der Waals surface area contributed by atoms with Crippen molar-refractivity contribution in [3.8, 4) is 0 Å². The van der Waals surface area contributed by atoms with Gasteiger partial charge in [-0.25, -0.2) is 8.42 Å². The minimum atomic E-state index is -3.18. The standard InChI is InChI=1S/C10H20N2O3S/c1-8-5-12(6-10(8)11)16(13,14)7-9-3-2-4-15-9/h8-10H,2-7,11H2,1H3. The lowest BCUT2D eigenvalue weighted by Crippen LogP contribution is -2.36. The lowest BCUT2D eigenvalue weighted by molar-refractivity contribution is 0.126. The maximum Gasteiger partial charge on any atom is 0.216 e. The molecule has 2 saturated heterocycles. The van der Waals surface area contributed by atoms with Crippen molar-refractivity contribution in [3.63, 3.8) is 0 Å². The molecule has 2 rings (SSSR count). The Bertz CT molecular complexity index is 328. The zero-order valence-corrected chi connectivity index (χ0v) is 10.4. The first-order valence-electron chi connectivity index (χ1n) is 5.84. The second-order valence-electron chi connectivity index (χ2n) is 4.87. The highest BCUT2D eigenvalue weighted by Gasteiger charge is 2.36. The number of hydrogen-bond acceptors (Lipinski definition) is 4. The Labute approximate surface area is 97.0 Å². The predicted molar refractivity (Wildman–Crippen MR) is 61.5 cm³/mol. The summed E-state index contributed by atoms with van der Waals surface area (Å²) in [4.78, 5) is 0. The molecule has 94 valence electrons. The Morgan fingerprint density at radius 3 is 2.69 bits per heavy atom. The van der Waals surface area contributed by atoms with E-state index in [0.29, 0.717) is 19.7 Å². The fourth-order valence-electron chi connectivity index (χ4n) is 2.29. The molecule has 2 heterocycles. The van der Waals surface area contributed by atoms with Gasteiger partial charge in [0.05, 0.1) is 11.9 Å². The molecule has 3 atom stereocenters. The zero-order valence-electron chi connectivity index (χ0n) is 9.63. The van der Waals surface area contributed by atoms with Gasteiger partial charge in [0.1, 0.15) is 0 Å². The van der Waals surface area contributed by atoms with Crippen molar-refractivity contribution in [3.05, 3.63) is 0 Å². The van der Waals surface area contributed by atoms with Crippen molar-refractivity contribution < 1.29 is 13.2 Å². The quantitative estimate of drug-likeness (QED) is 0.749. The van der Waals surface area contributed by atoms with Gasteiger partial charge in [-0.2, -0.15) is 4.31 Å². The number of nitrogens with zero attached hydrogens (tertiary/aromatic N) is 1. The normalized spacial score (nSPS) is 37.0. The molecule has 3 unspecified atom stereocenters. The van der Waals surface area contributed by atoms with Crippen LogP contribution < -0.4 is 5.73 Å². The lowest BCUT2D eigenvalue weighted by Gasteiger charge is -2.18. The maximum absolute atomic E-state index is 12.1. The van der Waals surface area contributed by atoms with Gasteiger partial charge >= 0.3 is 0 Å². The summed E-state index contributed by atoms with van der Waals surface area (Å²) in [5, 5.41) is 0. The molecule has 5 nitrogen and oxygen atoms in total. The molecule has 2 N–H and O–H groups in total. The van der Waals surface area contributed by atoms with E-state index in [1.54, 1.807) is 0 Å². The third-order valence-corrected chi connectivity index (χ3v) is 5.33. The summed E-state index contributed by atoms with van der Waals surface area (Å²) >= 11 is 0. The van der Waals surface area contributed by atoms with E-state index < -0.39 is 10.0 Å². The van der Waals surface area contributed by atoms with Crippen LogP contribution in [0.5, 0.6) is 0 Å². The molecule has 6 heteroatoms. The van der Waals surface area contributed by atoms with E-state index in [1.807, 2.05) is 6.92 Å². The smallest absolute Gasteiger partial charge is 0.216 e. The van der Waals surface area contributed by atoms with Crippen LogP contribution in [-0.4, -0.2) is 50.3 Å². The Kier molecular flexibility index (Phi) is 3.53. The first-order chi connectivity index (χ1) is 7.49. The van der Waals surface area contributed by atoms with Crippen LogP contribution in [0, 0.1) is 5.92 Å². The summed E-state index contributed by atoms with van der Waals surface area (Å²) in [7, 11) is -3.18. The van der Waals surface area contributed by atoms with Gasteiger partial charge in [0.15, 0.2) is 0 Å². The highest BCUT2D eigenvalue weighted by Crippen LogP contribution is 2.21. The van der Waals surface area contributed by atoms with Gasteiger partial charge in [-0.05, 0) is 18.8 Å². The first-order valence-corrected chi connectivity index (χ1v) is 7.45. The van der Waals surface area contributed by atoms with Crippen LogP contribution >= 0.6 is 0 Å². The summed E-state index contributed by atoms with van der Waals surface area (Å²) in [6.07, 6.45) is 1.71. The molecule has 0 aliphatic carbocycles. The summed E-state index contributed by atoms with van der Waals surface area (Å²) < 4.78 is 31.0. The van der Waals surface area contributed by atoms with Gasteiger partial charge in [-0.3, -0.25) is 0 Å². The van der Waals surface area contributed by atoms with Crippen molar-refractivity contribution in [2.24, 2.45) is 11.7 Å². The second-order valence-corrected chi connectivity index (χ2v) is 6.89.